The Bertz CT molecular complexity index is 213. The predicted molar refractivity (Wildman–Crippen MR) is 46.6 cm³/mol. The van der Waals surface area contributed by atoms with Gasteiger partial charge in [0.15, 0.2) is 0 Å². The smallest absolute Gasteiger partial charge is 0.0624 e. The maximum atomic E-state index is 4.42. The SMILES string of the molecule is CCCc1ccn(C(C)C)n1. The molecule has 0 amide bonds. The van der Waals surface area contributed by atoms with Crippen LogP contribution in [-0.2, 0) is 6.42 Å². The molecule has 0 spiro atoms. The van der Waals surface area contributed by atoms with Gasteiger partial charge in [0, 0.05) is 12.2 Å². The zero-order chi connectivity index (χ0) is 8.27. The van der Waals surface area contributed by atoms with Gasteiger partial charge in [-0.15, -0.1) is 0 Å². The van der Waals surface area contributed by atoms with E-state index in [-0.39, 0.29) is 0 Å². The summed E-state index contributed by atoms with van der Waals surface area (Å²) in [5.74, 6) is 0. The van der Waals surface area contributed by atoms with Gasteiger partial charge < -0.3 is 0 Å². The van der Waals surface area contributed by atoms with Gasteiger partial charge in [0.2, 0.25) is 0 Å². The Balaban J connectivity index is 2.66. The van der Waals surface area contributed by atoms with Crippen molar-refractivity contribution in [2.24, 2.45) is 0 Å². The molecule has 2 nitrogen and oxygen atoms in total. The highest BCUT2D eigenvalue weighted by atomic mass is 15.3. The van der Waals surface area contributed by atoms with Crippen LogP contribution in [0.4, 0.5) is 0 Å². The van der Waals surface area contributed by atoms with Crippen LogP contribution in [0.1, 0.15) is 38.9 Å². The minimum Gasteiger partial charge on any atom is -0.270 e. The summed E-state index contributed by atoms with van der Waals surface area (Å²) < 4.78 is 2.00. The van der Waals surface area contributed by atoms with E-state index in [0.29, 0.717) is 6.04 Å². The summed E-state index contributed by atoms with van der Waals surface area (Å²) in [6, 6.07) is 2.59. The molecule has 2 heteroatoms. The molecule has 0 aliphatic carbocycles. The molecule has 0 saturated heterocycles. The monoisotopic (exact) mass is 152 g/mol. The summed E-state index contributed by atoms with van der Waals surface area (Å²) in [6.45, 7) is 6.46. The standard InChI is InChI=1S/C9H16N2/c1-4-5-9-6-7-11(10-9)8(2)3/h6-8H,4-5H2,1-3H3. The second-order valence-electron chi connectivity index (χ2n) is 3.13. The molecule has 0 saturated carbocycles. The van der Waals surface area contributed by atoms with Crippen molar-refractivity contribution < 1.29 is 0 Å². The largest absolute Gasteiger partial charge is 0.270 e. The van der Waals surface area contributed by atoms with E-state index in [9.17, 15) is 0 Å². The first-order valence-corrected chi connectivity index (χ1v) is 4.28. The average molecular weight is 152 g/mol. The molecular weight excluding hydrogens is 136 g/mol. The zero-order valence-corrected chi connectivity index (χ0v) is 7.54. The molecule has 62 valence electrons. The highest BCUT2D eigenvalue weighted by molar-refractivity contribution is 4.99. The quantitative estimate of drug-likeness (QED) is 0.650. The highest BCUT2D eigenvalue weighted by Gasteiger charge is 1.99. The summed E-state index contributed by atoms with van der Waals surface area (Å²) in [5.41, 5.74) is 1.21. The first-order valence-electron chi connectivity index (χ1n) is 4.28. The van der Waals surface area contributed by atoms with Gasteiger partial charge in [-0.25, -0.2) is 0 Å². The van der Waals surface area contributed by atoms with E-state index in [4.69, 9.17) is 0 Å². The molecule has 0 unspecified atom stereocenters. The Morgan fingerprint density at radius 1 is 1.55 bits per heavy atom. The van der Waals surface area contributed by atoms with Crippen LogP contribution in [0.2, 0.25) is 0 Å². The summed E-state index contributed by atoms with van der Waals surface area (Å²) in [5, 5.41) is 4.42. The molecule has 0 N–H and O–H groups in total. The fraction of sp³-hybridized carbons (Fsp3) is 0.667. The fourth-order valence-corrected chi connectivity index (χ4v) is 1.05. The van der Waals surface area contributed by atoms with Crippen molar-refractivity contribution in [1.82, 2.24) is 9.78 Å². The molecular formula is C9H16N2. The number of nitrogens with zero attached hydrogens (tertiary/aromatic N) is 2. The second-order valence-corrected chi connectivity index (χ2v) is 3.13. The highest BCUT2D eigenvalue weighted by Crippen LogP contribution is 2.05. The lowest BCUT2D eigenvalue weighted by atomic mass is 10.3. The Kier molecular flexibility index (Phi) is 2.69. The maximum Gasteiger partial charge on any atom is 0.0624 e. The molecule has 0 radical (unpaired) electrons. The minimum atomic E-state index is 0.487. The third kappa shape index (κ3) is 2.07. The van der Waals surface area contributed by atoms with E-state index in [1.54, 1.807) is 0 Å². The lowest BCUT2D eigenvalue weighted by Gasteiger charge is -2.03. The summed E-state index contributed by atoms with van der Waals surface area (Å²) in [4.78, 5) is 0. The van der Waals surface area contributed by atoms with Crippen LogP contribution in [0.3, 0.4) is 0 Å². The molecule has 1 heterocycles. The molecule has 0 aliphatic heterocycles. The van der Waals surface area contributed by atoms with Crippen LogP contribution >= 0.6 is 0 Å². The molecule has 11 heavy (non-hydrogen) atoms. The lowest BCUT2D eigenvalue weighted by Crippen LogP contribution is -2.01. The summed E-state index contributed by atoms with van der Waals surface area (Å²) >= 11 is 0. The van der Waals surface area contributed by atoms with Crippen molar-refractivity contribution in [3.63, 3.8) is 0 Å². The van der Waals surface area contributed by atoms with Crippen LogP contribution in [0, 0.1) is 0 Å². The van der Waals surface area contributed by atoms with Crippen molar-refractivity contribution in [2.45, 2.75) is 39.7 Å². The Morgan fingerprint density at radius 2 is 2.27 bits per heavy atom. The van der Waals surface area contributed by atoms with Gasteiger partial charge >= 0.3 is 0 Å². The maximum absolute atomic E-state index is 4.42. The Hall–Kier alpha value is -0.790. The first kappa shape index (κ1) is 8.31. The van der Waals surface area contributed by atoms with E-state index in [1.165, 1.54) is 12.1 Å². The van der Waals surface area contributed by atoms with Crippen LogP contribution < -0.4 is 0 Å². The van der Waals surface area contributed by atoms with Crippen LogP contribution in [-0.4, -0.2) is 9.78 Å². The molecule has 0 atom stereocenters. The number of hydrogen-bond acceptors (Lipinski definition) is 1. The molecule has 1 aromatic rings. The van der Waals surface area contributed by atoms with Crippen molar-refractivity contribution in [2.75, 3.05) is 0 Å². The molecule has 0 aliphatic rings. The van der Waals surface area contributed by atoms with Gasteiger partial charge in [-0.1, -0.05) is 13.3 Å². The van der Waals surface area contributed by atoms with E-state index in [0.717, 1.165) is 6.42 Å². The molecule has 1 rings (SSSR count). The number of aryl methyl sites for hydroxylation is 1. The summed E-state index contributed by atoms with van der Waals surface area (Å²) in [6.07, 6.45) is 4.32. The topological polar surface area (TPSA) is 17.8 Å². The van der Waals surface area contributed by atoms with Crippen molar-refractivity contribution >= 4 is 0 Å². The van der Waals surface area contributed by atoms with Crippen LogP contribution in [0.15, 0.2) is 12.3 Å². The van der Waals surface area contributed by atoms with Gasteiger partial charge in [-0.2, -0.15) is 5.10 Å². The molecule has 0 aromatic carbocycles. The summed E-state index contributed by atoms with van der Waals surface area (Å²) in [7, 11) is 0. The van der Waals surface area contributed by atoms with Gasteiger partial charge in [0.25, 0.3) is 0 Å². The van der Waals surface area contributed by atoms with Gasteiger partial charge in [0.1, 0.15) is 0 Å². The van der Waals surface area contributed by atoms with Crippen molar-refractivity contribution in [3.8, 4) is 0 Å². The average Bonchev–Trinajstić information content (AvgIpc) is 2.37. The van der Waals surface area contributed by atoms with Gasteiger partial charge in [-0.05, 0) is 26.3 Å². The lowest BCUT2D eigenvalue weighted by molar-refractivity contribution is 0.526. The molecule has 0 bridgehead atoms. The fourth-order valence-electron chi connectivity index (χ4n) is 1.05. The second kappa shape index (κ2) is 3.56. The molecule has 0 fully saturated rings. The van der Waals surface area contributed by atoms with Gasteiger partial charge in [0.05, 0.1) is 5.69 Å². The van der Waals surface area contributed by atoms with E-state index in [1.807, 2.05) is 4.68 Å². The first-order chi connectivity index (χ1) is 5.24. The minimum absolute atomic E-state index is 0.487. The normalized spacial score (nSPS) is 10.9. The van der Waals surface area contributed by atoms with E-state index >= 15 is 0 Å². The number of hydrogen-bond donors (Lipinski definition) is 0. The van der Waals surface area contributed by atoms with Crippen LogP contribution in [0.5, 0.6) is 0 Å². The number of rotatable bonds is 3. The predicted octanol–water partition coefficient (Wildman–Crippen LogP) is 2.42. The third-order valence-electron chi connectivity index (χ3n) is 1.70. The Morgan fingerprint density at radius 3 is 2.73 bits per heavy atom. The van der Waals surface area contributed by atoms with Crippen molar-refractivity contribution in [3.05, 3.63) is 18.0 Å². The van der Waals surface area contributed by atoms with E-state index in [2.05, 4.69) is 38.1 Å². The third-order valence-corrected chi connectivity index (χ3v) is 1.70. The van der Waals surface area contributed by atoms with Crippen molar-refractivity contribution in [1.29, 1.82) is 0 Å². The van der Waals surface area contributed by atoms with Crippen LogP contribution in [0.25, 0.3) is 0 Å². The number of aromatic nitrogens is 2. The van der Waals surface area contributed by atoms with Gasteiger partial charge in [-0.3, -0.25) is 4.68 Å². The van der Waals surface area contributed by atoms with E-state index < -0.39 is 0 Å². The Labute approximate surface area is 68.2 Å². The molecule has 1 aromatic heterocycles. The zero-order valence-electron chi connectivity index (χ0n) is 7.54.